The summed E-state index contributed by atoms with van der Waals surface area (Å²) in [6, 6.07) is 2.62. The summed E-state index contributed by atoms with van der Waals surface area (Å²) in [6.07, 6.45) is 0.870. The van der Waals surface area contributed by atoms with Gasteiger partial charge >= 0.3 is 6.03 Å². The molecular formula is C17H31N3O. The van der Waals surface area contributed by atoms with Gasteiger partial charge in [0.1, 0.15) is 0 Å². The quantitative estimate of drug-likeness (QED) is 0.856. The van der Waals surface area contributed by atoms with Gasteiger partial charge in [0.2, 0.25) is 0 Å². The van der Waals surface area contributed by atoms with E-state index in [0.717, 1.165) is 6.42 Å². The third-order valence-corrected chi connectivity index (χ3v) is 3.56. The van der Waals surface area contributed by atoms with Gasteiger partial charge in [-0.2, -0.15) is 0 Å². The van der Waals surface area contributed by atoms with E-state index < -0.39 is 0 Å². The summed E-state index contributed by atoms with van der Waals surface area (Å²) in [7, 11) is 0. The number of amides is 2. The number of rotatable bonds is 5. The van der Waals surface area contributed by atoms with E-state index in [-0.39, 0.29) is 11.4 Å². The topological polar surface area (TPSA) is 46.1 Å². The fourth-order valence-corrected chi connectivity index (χ4v) is 2.61. The molecular weight excluding hydrogens is 262 g/mol. The molecule has 0 saturated heterocycles. The van der Waals surface area contributed by atoms with E-state index >= 15 is 0 Å². The molecule has 4 heteroatoms. The molecule has 0 atom stereocenters. The van der Waals surface area contributed by atoms with Crippen molar-refractivity contribution in [3.63, 3.8) is 0 Å². The van der Waals surface area contributed by atoms with E-state index in [0.29, 0.717) is 19.1 Å². The lowest BCUT2D eigenvalue weighted by molar-refractivity contribution is 0.235. The van der Waals surface area contributed by atoms with Crippen LogP contribution < -0.4 is 10.6 Å². The summed E-state index contributed by atoms with van der Waals surface area (Å²) in [4.78, 5) is 11.7. The normalized spacial score (nSPS) is 11.8. The molecule has 0 fully saturated rings. The standard InChI is InChI=1S/C17H31N3O/c1-12(2)20-13(3)10-15(14(20)4)8-9-18-16(21)19-11-17(5,6)7/h10,12H,8-9,11H2,1-7H3,(H2,18,19,21). The van der Waals surface area contributed by atoms with Gasteiger partial charge in [0, 0.05) is 30.5 Å². The maximum atomic E-state index is 11.7. The van der Waals surface area contributed by atoms with Gasteiger partial charge in [-0.1, -0.05) is 20.8 Å². The van der Waals surface area contributed by atoms with Crippen LogP contribution in [0.4, 0.5) is 4.79 Å². The van der Waals surface area contributed by atoms with Crippen LogP contribution in [0.25, 0.3) is 0 Å². The number of hydrogen-bond acceptors (Lipinski definition) is 1. The number of aryl methyl sites for hydroxylation is 1. The first-order valence-electron chi connectivity index (χ1n) is 7.81. The van der Waals surface area contributed by atoms with Crippen molar-refractivity contribution in [3.05, 3.63) is 23.0 Å². The molecule has 0 aliphatic carbocycles. The molecule has 4 nitrogen and oxygen atoms in total. The minimum absolute atomic E-state index is 0.0809. The van der Waals surface area contributed by atoms with Crippen LogP contribution in [-0.2, 0) is 6.42 Å². The summed E-state index contributed by atoms with van der Waals surface area (Å²) in [6.45, 7) is 16.3. The van der Waals surface area contributed by atoms with Crippen molar-refractivity contribution in [2.75, 3.05) is 13.1 Å². The molecule has 2 N–H and O–H groups in total. The largest absolute Gasteiger partial charge is 0.346 e. The zero-order valence-corrected chi connectivity index (χ0v) is 14.6. The minimum atomic E-state index is -0.0809. The van der Waals surface area contributed by atoms with Crippen LogP contribution in [0.2, 0.25) is 0 Å². The van der Waals surface area contributed by atoms with Gasteiger partial charge in [-0.25, -0.2) is 4.79 Å². The molecule has 1 heterocycles. The van der Waals surface area contributed by atoms with Crippen LogP contribution in [0, 0.1) is 19.3 Å². The molecule has 0 aromatic carbocycles. The minimum Gasteiger partial charge on any atom is -0.346 e. The van der Waals surface area contributed by atoms with Crippen LogP contribution in [0.15, 0.2) is 6.07 Å². The lowest BCUT2D eigenvalue weighted by atomic mass is 9.97. The fourth-order valence-electron chi connectivity index (χ4n) is 2.61. The molecule has 0 aliphatic rings. The van der Waals surface area contributed by atoms with Gasteiger partial charge in [-0.15, -0.1) is 0 Å². The first-order chi connectivity index (χ1) is 9.61. The summed E-state index contributed by atoms with van der Waals surface area (Å²) in [5.74, 6) is 0. The van der Waals surface area contributed by atoms with Gasteiger partial charge in [0.05, 0.1) is 0 Å². The number of carbonyl (C=O) groups excluding carboxylic acids is 1. The average molecular weight is 293 g/mol. The Morgan fingerprint density at radius 2 is 1.86 bits per heavy atom. The van der Waals surface area contributed by atoms with Crippen LogP contribution >= 0.6 is 0 Å². The number of urea groups is 1. The van der Waals surface area contributed by atoms with E-state index in [1.165, 1.54) is 17.0 Å². The van der Waals surface area contributed by atoms with Crippen molar-refractivity contribution >= 4 is 6.03 Å². The lowest BCUT2D eigenvalue weighted by Crippen LogP contribution is -2.40. The Balaban J connectivity index is 2.46. The summed E-state index contributed by atoms with van der Waals surface area (Å²) >= 11 is 0. The van der Waals surface area contributed by atoms with Crippen molar-refractivity contribution in [3.8, 4) is 0 Å². The van der Waals surface area contributed by atoms with Crippen molar-refractivity contribution in [2.24, 2.45) is 5.41 Å². The van der Waals surface area contributed by atoms with Crippen molar-refractivity contribution in [1.82, 2.24) is 15.2 Å². The molecule has 2 amide bonds. The predicted octanol–water partition coefficient (Wildman–Crippen LogP) is 3.57. The van der Waals surface area contributed by atoms with Gasteiger partial charge in [0.25, 0.3) is 0 Å². The molecule has 1 aromatic heterocycles. The number of nitrogens with zero attached hydrogens (tertiary/aromatic N) is 1. The third-order valence-electron chi connectivity index (χ3n) is 3.56. The molecule has 0 bridgehead atoms. The Labute approximate surface area is 129 Å². The molecule has 1 aromatic rings. The molecule has 0 radical (unpaired) electrons. The predicted molar refractivity (Wildman–Crippen MR) is 88.9 cm³/mol. The Kier molecular flexibility index (Phi) is 5.87. The maximum Gasteiger partial charge on any atom is 0.314 e. The van der Waals surface area contributed by atoms with E-state index in [4.69, 9.17) is 0 Å². The first-order valence-corrected chi connectivity index (χ1v) is 7.81. The highest BCUT2D eigenvalue weighted by atomic mass is 16.2. The second-order valence-electron chi connectivity index (χ2n) is 7.28. The fraction of sp³-hybridized carbons (Fsp3) is 0.706. The van der Waals surface area contributed by atoms with Gasteiger partial charge in [-0.05, 0) is 51.2 Å². The number of carbonyl (C=O) groups is 1. The zero-order valence-electron chi connectivity index (χ0n) is 14.6. The van der Waals surface area contributed by atoms with Crippen LogP contribution in [-0.4, -0.2) is 23.7 Å². The van der Waals surface area contributed by atoms with E-state index in [1.807, 2.05) is 0 Å². The molecule has 0 unspecified atom stereocenters. The smallest absolute Gasteiger partial charge is 0.314 e. The van der Waals surface area contributed by atoms with Gasteiger partial charge in [0.15, 0.2) is 0 Å². The molecule has 1 rings (SSSR count). The molecule has 0 saturated carbocycles. The molecule has 0 aliphatic heterocycles. The van der Waals surface area contributed by atoms with Crippen LogP contribution in [0.1, 0.15) is 57.6 Å². The summed E-state index contributed by atoms with van der Waals surface area (Å²) in [5.41, 5.74) is 4.02. The highest BCUT2D eigenvalue weighted by Crippen LogP contribution is 2.20. The van der Waals surface area contributed by atoms with Crippen LogP contribution in [0.5, 0.6) is 0 Å². The van der Waals surface area contributed by atoms with Crippen molar-refractivity contribution < 1.29 is 4.79 Å². The van der Waals surface area contributed by atoms with Gasteiger partial charge < -0.3 is 15.2 Å². The first kappa shape index (κ1) is 17.6. The maximum absolute atomic E-state index is 11.7. The lowest BCUT2D eigenvalue weighted by Gasteiger charge is -2.19. The Hall–Kier alpha value is -1.45. The van der Waals surface area contributed by atoms with Crippen molar-refractivity contribution in [2.45, 2.75) is 60.9 Å². The second kappa shape index (κ2) is 7.01. The van der Waals surface area contributed by atoms with E-state index in [9.17, 15) is 4.79 Å². The highest BCUT2D eigenvalue weighted by molar-refractivity contribution is 5.73. The molecule has 21 heavy (non-hydrogen) atoms. The number of nitrogens with one attached hydrogen (secondary N) is 2. The average Bonchev–Trinajstić information content (AvgIpc) is 2.61. The molecule has 0 spiro atoms. The monoisotopic (exact) mass is 293 g/mol. The van der Waals surface area contributed by atoms with Gasteiger partial charge in [-0.3, -0.25) is 0 Å². The van der Waals surface area contributed by atoms with Crippen LogP contribution in [0.3, 0.4) is 0 Å². The summed E-state index contributed by atoms with van der Waals surface area (Å²) < 4.78 is 2.34. The van der Waals surface area contributed by atoms with E-state index in [2.05, 4.69) is 69.7 Å². The highest BCUT2D eigenvalue weighted by Gasteiger charge is 2.13. The number of aromatic nitrogens is 1. The van der Waals surface area contributed by atoms with E-state index in [1.54, 1.807) is 0 Å². The second-order valence-corrected chi connectivity index (χ2v) is 7.28. The Morgan fingerprint density at radius 3 is 2.33 bits per heavy atom. The van der Waals surface area contributed by atoms with Crippen molar-refractivity contribution in [1.29, 1.82) is 0 Å². The Morgan fingerprint density at radius 1 is 1.24 bits per heavy atom. The Bertz CT molecular complexity index is 481. The SMILES string of the molecule is Cc1cc(CCNC(=O)NCC(C)(C)C)c(C)n1C(C)C. The molecule has 120 valence electrons. The number of hydrogen-bond donors (Lipinski definition) is 2. The summed E-state index contributed by atoms with van der Waals surface area (Å²) in [5, 5.41) is 5.83. The zero-order chi connectivity index (χ0) is 16.2. The third kappa shape index (κ3) is 5.44.